The first-order valence-corrected chi connectivity index (χ1v) is 28.7. The second kappa shape index (κ2) is 19.9. The van der Waals surface area contributed by atoms with Gasteiger partial charge in [-0.1, -0.05) is 207 Å². The maximum Gasteiger partial charge on any atom is 0.261 e. The summed E-state index contributed by atoms with van der Waals surface area (Å²) in [5.74, 6) is 1.79. The van der Waals surface area contributed by atoms with Crippen LogP contribution in [0.4, 0.5) is 4.39 Å². The van der Waals surface area contributed by atoms with Crippen LogP contribution in [0, 0.1) is 23.2 Å². The zero-order valence-corrected chi connectivity index (χ0v) is 43.4. The highest BCUT2D eigenvalue weighted by Crippen LogP contribution is 2.60. The summed E-state index contributed by atoms with van der Waals surface area (Å²) in [6.45, 7) is 22.8. The van der Waals surface area contributed by atoms with Gasteiger partial charge in [0.05, 0.1) is 24.1 Å². The second-order valence-corrected chi connectivity index (χ2v) is 31.4. The van der Waals surface area contributed by atoms with Gasteiger partial charge in [0.2, 0.25) is 0 Å². The summed E-state index contributed by atoms with van der Waals surface area (Å²) < 4.78 is 32.2. The lowest BCUT2D eigenvalue weighted by Crippen LogP contribution is -2.69. The molecule has 6 heteroatoms. The van der Waals surface area contributed by atoms with E-state index in [1.54, 1.807) is 0 Å². The number of rotatable bonds is 14. The van der Waals surface area contributed by atoms with Crippen molar-refractivity contribution in [2.45, 2.75) is 161 Å². The number of allylic oxidation sites excluding steroid dienone is 3. The van der Waals surface area contributed by atoms with Crippen LogP contribution in [-0.4, -0.2) is 39.6 Å². The Bertz CT molecular complexity index is 2170. The summed E-state index contributed by atoms with van der Waals surface area (Å²) in [6, 6.07) is 43.4. The zero-order valence-electron chi connectivity index (χ0n) is 41.4. The molecule has 4 aromatic carbocycles. The second-order valence-electron chi connectivity index (χ2n) is 22.9. The van der Waals surface area contributed by atoms with E-state index in [1.807, 2.05) is 13.8 Å². The molecule has 7 rings (SSSR count). The Hall–Kier alpha value is -3.66. The smallest absolute Gasteiger partial charge is 0.261 e. The summed E-state index contributed by atoms with van der Waals surface area (Å²) in [7, 11) is -6.09. The third-order valence-electron chi connectivity index (χ3n) is 15.9. The maximum absolute atomic E-state index is 16.3. The molecular weight excluding hydrogens is 832 g/mol. The van der Waals surface area contributed by atoms with E-state index in [4.69, 9.17) is 8.85 Å². The molecule has 4 aromatic rings. The highest BCUT2D eigenvalue weighted by molar-refractivity contribution is 7.00. The van der Waals surface area contributed by atoms with Crippen LogP contribution >= 0.6 is 0 Å². The number of hydrogen-bond donors (Lipinski definition) is 1. The van der Waals surface area contributed by atoms with Crippen LogP contribution in [0.3, 0.4) is 0 Å². The van der Waals surface area contributed by atoms with Gasteiger partial charge in [-0.3, -0.25) is 0 Å². The van der Waals surface area contributed by atoms with E-state index >= 15 is 4.39 Å². The van der Waals surface area contributed by atoms with Crippen LogP contribution < -0.4 is 20.7 Å². The SMILES string of the molecule is C[C@H](CCCC(C)(C)O)[C@H]1CC[C@H]2/C(=C/C=C3/C[C@@H](O[Si](c4ccccc4)(c4ccccc4)C(C)(C)C)C[C@H](O[Si](c4ccccc4)(c4ccccc4)C(C)(C)C)/C3=C\F)CCC[C@]12C. The highest BCUT2D eigenvalue weighted by atomic mass is 28.4. The molecule has 0 aliphatic heterocycles. The Balaban J connectivity index is 1.34. The Morgan fingerprint density at radius 2 is 1.18 bits per heavy atom. The molecule has 0 saturated heterocycles. The molecule has 65 heavy (non-hydrogen) atoms. The van der Waals surface area contributed by atoms with Gasteiger partial charge in [-0.2, -0.15) is 0 Å². The largest absolute Gasteiger partial charge is 0.404 e. The van der Waals surface area contributed by atoms with Gasteiger partial charge in [0.1, 0.15) is 0 Å². The van der Waals surface area contributed by atoms with Gasteiger partial charge in [0.15, 0.2) is 0 Å². The number of benzene rings is 4. The Morgan fingerprint density at radius 1 is 0.708 bits per heavy atom. The molecule has 0 radical (unpaired) electrons. The minimum Gasteiger partial charge on any atom is -0.404 e. The molecule has 3 fully saturated rings. The average molecular weight is 911 g/mol. The van der Waals surface area contributed by atoms with E-state index in [1.165, 1.54) is 52.0 Å². The highest BCUT2D eigenvalue weighted by Gasteiger charge is 2.56. The molecule has 348 valence electrons. The van der Waals surface area contributed by atoms with Gasteiger partial charge in [-0.25, -0.2) is 4.39 Å². The molecule has 3 saturated carbocycles. The number of aliphatic hydroxyl groups is 1. The van der Waals surface area contributed by atoms with Crippen molar-refractivity contribution in [1.29, 1.82) is 0 Å². The van der Waals surface area contributed by atoms with Gasteiger partial charge in [0.25, 0.3) is 16.6 Å². The molecule has 3 nitrogen and oxygen atoms in total. The Morgan fingerprint density at radius 3 is 1.63 bits per heavy atom. The Labute approximate surface area is 394 Å². The molecule has 0 unspecified atom stereocenters. The molecule has 0 spiro atoms. The third-order valence-corrected chi connectivity index (χ3v) is 26.1. The van der Waals surface area contributed by atoms with Crippen LogP contribution in [0.2, 0.25) is 10.1 Å². The van der Waals surface area contributed by atoms with Crippen molar-refractivity contribution in [3.63, 3.8) is 0 Å². The fourth-order valence-electron chi connectivity index (χ4n) is 12.9. The van der Waals surface area contributed by atoms with Gasteiger partial charge in [-0.15, -0.1) is 0 Å². The summed E-state index contributed by atoms with van der Waals surface area (Å²) in [5.41, 5.74) is 2.79. The zero-order chi connectivity index (χ0) is 46.7. The van der Waals surface area contributed by atoms with E-state index in [0.29, 0.717) is 36.2 Å². The van der Waals surface area contributed by atoms with Gasteiger partial charge in [0, 0.05) is 12.0 Å². The third kappa shape index (κ3) is 10.1. The van der Waals surface area contributed by atoms with Crippen LogP contribution in [0.5, 0.6) is 0 Å². The van der Waals surface area contributed by atoms with Gasteiger partial charge >= 0.3 is 0 Å². The fraction of sp³-hybridized carbons (Fsp3) is 0.492. The minimum atomic E-state index is -3.11. The Kier molecular flexibility index (Phi) is 15.1. The van der Waals surface area contributed by atoms with Crippen LogP contribution in [0.25, 0.3) is 0 Å². The minimum absolute atomic E-state index is 0.219. The molecule has 0 bridgehead atoms. The molecule has 0 aromatic heterocycles. The molecule has 3 aliphatic carbocycles. The maximum atomic E-state index is 16.3. The number of halogens is 1. The topological polar surface area (TPSA) is 38.7 Å². The van der Waals surface area contributed by atoms with E-state index in [9.17, 15) is 5.11 Å². The fourth-order valence-corrected chi connectivity index (χ4v) is 22.2. The van der Waals surface area contributed by atoms with E-state index in [-0.39, 0.29) is 21.6 Å². The van der Waals surface area contributed by atoms with Crippen LogP contribution in [0.15, 0.2) is 157 Å². The summed E-state index contributed by atoms with van der Waals surface area (Å²) in [5, 5.41) is 14.8. The van der Waals surface area contributed by atoms with Crippen molar-refractivity contribution in [3.05, 3.63) is 157 Å². The average Bonchev–Trinajstić information content (AvgIpc) is 3.64. The number of fused-ring (bicyclic) bond motifs is 1. The standard InChI is InChI=1S/C59H79FO3Si2/c1-44(25-23-39-58(8,9)61)53-37-38-54-45(26-24-40-59(53,54)10)35-36-46-41-47(62-64(56(2,3)4,48-27-15-11-16-28-48)49-29-17-12-18-30-49)42-55(52(46)43-60)63-65(57(5,6)7,50-31-19-13-20-32-50)51-33-21-14-22-34-51/h11-22,27-36,43-44,47,53-55,61H,23-26,37-42H2,1-10H3/b45-35+,46-36-,52-43-/t44-,47-,53-,54+,55+,59-/m1/s1. The van der Waals surface area contributed by atoms with E-state index < -0.39 is 28.3 Å². The quantitative estimate of drug-likeness (QED) is 0.128. The van der Waals surface area contributed by atoms with E-state index in [0.717, 1.165) is 37.6 Å². The van der Waals surface area contributed by atoms with Crippen LogP contribution in [0.1, 0.15) is 133 Å². The predicted octanol–water partition coefficient (Wildman–Crippen LogP) is 13.2. The van der Waals surface area contributed by atoms with E-state index in [2.05, 4.69) is 189 Å². The molecule has 3 aliphatic rings. The molecule has 6 atom stereocenters. The van der Waals surface area contributed by atoms with Gasteiger partial charge < -0.3 is 14.0 Å². The van der Waals surface area contributed by atoms with Crippen molar-refractivity contribution >= 4 is 37.4 Å². The first kappa shape index (κ1) is 49.3. The van der Waals surface area contributed by atoms with Gasteiger partial charge in [-0.05, 0) is 118 Å². The van der Waals surface area contributed by atoms with Crippen molar-refractivity contribution in [1.82, 2.24) is 0 Å². The lowest BCUT2D eigenvalue weighted by Gasteiger charge is -2.49. The molecule has 1 N–H and O–H groups in total. The monoisotopic (exact) mass is 911 g/mol. The molecular formula is C59H79FO3Si2. The summed E-state index contributed by atoms with van der Waals surface area (Å²) >= 11 is 0. The first-order valence-electron chi connectivity index (χ1n) is 24.8. The van der Waals surface area contributed by atoms with Crippen molar-refractivity contribution in [2.75, 3.05) is 0 Å². The molecule has 0 amide bonds. The first-order chi connectivity index (χ1) is 30.8. The van der Waals surface area contributed by atoms with Crippen LogP contribution in [-0.2, 0) is 8.85 Å². The lowest BCUT2D eigenvalue weighted by atomic mass is 9.60. The summed E-state index contributed by atoms with van der Waals surface area (Å²) in [6.07, 6.45) is 15.0. The lowest BCUT2D eigenvalue weighted by molar-refractivity contribution is 0.0596. The van der Waals surface area contributed by atoms with Crippen molar-refractivity contribution in [2.24, 2.45) is 23.2 Å². The summed E-state index contributed by atoms with van der Waals surface area (Å²) in [4.78, 5) is 0. The normalized spacial score (nSPS) is 25.8. The van der Waals surface area contributed by atoms with Crippen molar-refractivity contribution < 1.29 is 18.3 Å². The van der Waals surface area contributed by atoms with Crippen molar-refractivity contribution in [3.8, 4) is 0 Å². The predicted molar refractivity (Wildman–Crippen MR) is 277 cm³/mol. The molecule has 0 heterocycles. The number of hydrogen-bond acceptors (Lipinski definition) is 3.